The molecule has 37 heavy (non-hydrogen) atoms. The molecule has 0 radical (unpaired) electrons. The van der Waals surface area contributed by atoms with Crippen molar-refractivity contribution >= 4 is 28.3 Å². The molecule has 3 heterocycles. The highest BCUT2D eigenvalue weighted by Crippen LogP contribution is 2.38. The largest absolute Gasteiger partial charge is 0.490 e. The minimum Gasteiger partial charge on any atom is -0.490 e. The van der Waals surface area contributed by atoms with E-state index in [0.29, 0.717) is 11.6 Å². The fraction of sp³-hybridized carbons (Fsp3) is 0.519. The summed E-state index contributed by atoms with van der Waals surface area (Å²) in [5.41, 5.74) is 2.41. The van der Waals surface area contributed by atoms with E-state index in [-0.39, 0.29) is 14.9 Å². The molecule has 0 bridgehead atoms. The van der Waals surface area contributed by atoms with Gasteiger partial charge in [0.25, 0.3) is 5.91 Å². The summed E-state index contributed by atoms with van der Waals surface area (Å²) in [5, 5.41) is 3.57. The lowest BCUT2D eigenvalue weighted by Crippen LogP contribution is -2.36. The minimum atomic E-state index is -0.187. The van der Waals surface area contributed by atoms with Crippen molar-refractivity contribution in [2.24, 2.45) is 5.92 Å². The number of nitrogens with one attached hydrogen (secondary N) is 1. The monoisotopic (exact) mass is 509 g/mol. The lowest BCUT2D eigenvalue weighted by molar-refractivity contribution is 0.0957. The Morgan fingerprint density at radius 2 is 1.95 bits per heavy atom. The molecule has 10 nitrogen and oxygen atoms in total. The maximum absolute atomic E-state index is 11.9. The Balaban J connectivity index is 0.00000210. The molecule has 1 saturated heterocycles. The summed E-state index contributed by atoms with van der Waals surface area (Å²) in [6.07, 6.45) is 8.13. The summed E-state index contributed by atoms with van der Waals surface area (Å²) in [7, 11) is 5.60. The Hall–Kier alpha value is -3.53. The van der Waals surface area contributed by atoms with Crippen LogP contribution < -0.4 is 19.9 Å². The average Bonchev–Trinajstić information content (AvgIpc) is 2.93. The summed E-state index contributed by atoms with van der Waals surface area (Å²) in [6, 6.07) is 5.92. The molecule has 1 amide bonds. The summed E-state index contributed by atoms with van der Waals surface area (Å²) < 4.78 is 12.3. The number of rotatable bonds is 7. The fourth-order valence-electron chi connectivity index (χ4n) is 5.20. The van der Waals surface area contributed by atoms with Crippen molar-refractivity contribution in [3.63, 3.8) is 0 Å². The predicted octanol–water partition coefficient (Wildman–Crippen LogP) is 3.35. The minimum absolute atomic E-state index is 0. The third-order valence-corrected chi connectivity index (χ3v) is 7.19. The molecule has 0 spiro atoms. The van der Waals surface area contributed by atoms with E-state index in [1.165, 1.54) is 0 Å². The van der Waals surface area contributed by atoms with Crippen LogP contribution in [0.2, 0.25) is 0 Å². The molecule has 1 aliphatic carbocycles. The summed E-state index contributed by atoms with van der Waals surface area (Å²) in [6.45, 7) is 3.15. The van der Waals surface area contributed by atoms with Gasteiger partial charge < -0.3 is 24.6 Å². The summed E-state index contributed by atoms with van der Waals surface area (Å²) >= 11 is 0. The third kappa shape index (κ3) is 5.74. The number of morpholine rings is 1. The molecule has 1 saturated carbocycles. The number of benzene rings is 1. The molecule has 1 N–H and O–H groups in total. The molecule has 0 atom stereocenters. The van der Waals surface area contributed by atoms with Crippen LogP contribution in [0.1, 0.15) is 44.8 Å². The van der Waals surface area contributed by atoms with Crippen LogP contribution in [-0.4, -0.2) is 79.4 Å². The van der Waals surface area contributed by atoms with Crippen LogP contribution >= 0.6 is 0 Å². The van der Waals surface area contributed by atoms with Crippen LogP contribution in [-0.2, 0) is 11.2 Å². The number of carbonyl (C=O) groups excluding carboxylic acids is 1. The smallest absolute Gasteiger partial charge is 0.269 e. The van der Waals surface area contributed by atoms with E-state index in [4.69, 9.17) is 9.47 Å². The zero-order chi connectivity index (χ0) is 25.8. The average molecular weight is 510 g/mol. The van der Waals surface area contributed by atoms with Crippen molar-refractivity contribution in [3.8, 4) is 5.75 Å². The molecule has 2 aliphatic rings. The molecule has 2 fully saturated rings. The normalized spacial score (nSPS) is 20.0. The number of hydrogen-bond acceptors (Lipinski definition) is 9. The molecule has 1 aromatic carbocycles. The van der Waals surface area contributed by atoms with Gasteiger partial charge in [-0.25, -0.2) is 19.9 Å². The van der Waals surface area contributed by atoms with Gasteiger partial charge in [0.15, 0.2) is 0 Å². The van der Waals surface area contributed by atoms with Gasteiger partial charge in [0.2, 0.25) is 0 Å². The van der Waals surface area contributed by atoms with Crippen LogP contribution in [0.15, 0.2) is 30.7 Å². The van der Waals surface area contributed by atoms with Crippen LogP contribution in [0.4, 0.5) is 11.5 Å². The number of ether oxygens (including phenoxy) is 2. The Bertz CT molecular complexity index is 1250. The topological polar surface area (TPSA) is 106 Å². The summed E-state index contributed by atoms with van der Waals surface area (Å²) in [4.78, 5) is 34.3. The SMILES string of the molecule is CNC(=O)c1ccnc(CC2CCC(Oc3cc(N4CCOCC4)cc4ncnc(N(C)C)c34)CC2)n1.[HH].[HH]. The van der Waals surface area contributed by atoms with E-state index in [9.17, 15) is 4.79 Å². The van der Waals surface area contributed by atoms with Gasteiger partial charge in [-0.3, -0.25) is 4.79 Å². The van der Waals surface area contributed by atoms with Gasteiger partial charge in [-0.05, 0) is 43.7 Å². The zero-order valence-electron chi connectivity index (χ0n) is 21.8. The molecule has 0 unspecified atom stereocenters. The quantitative estimate of drug-likeness (QED) is 0.513. The van der Waals surface area contributed by atoms with Gasteiger partial charge in [0.1, 0.15) is 29.4 Å². The summed E-state index contributed by atoms with van der Waals surface area (Å²) in [5.74, 6) is 2.71. The van der Waals surface area contributed by atoms with Crippen LogP contribution in [0.5, 0.6) is 5.75 Å². The number of amides is 1. The Kier molecular flexibility index (Phi) is 7.64. The van der Waals surface area contributed by atoms with Crippen molar-refractivity contribution in [2.75, 3.05) is 57.2 Å². The van der Waals surface area contributed by atoms with E-state index < -0.39 is 0 Å². The first-order valence-electron chi connectivity index (χ1n) is 13.0. The standard InChI is InChI=1S/C27H35N7O3.2H2/c1-28-27(35)21-8-9-29-24(32-21)14-18-4-6-20(7-5-18)37-23-16-19(34-10-12-36-13-11-34)15-22-25(23)26(33(2)3)31-17-30-22;;/h8-9,15-18,20H,4-7,10-14H2,1-3H3,(H,28,35);2*1H. The highest BCUT2D eigenvalue weighted by Gasteiger charge is 2.26. The maximum atomic E-state index is 11.9. The van der Waals surface area contributed by atoms with Gasteiger partial charge in [0.05, 0.1) is 30.2 Å². The van der Waals surface area contributed by atoms with E-state index in [1.807, 2.05) is 19.0 Å². The Morgan fingerprint density at radius 1 is 1.16 bits per heavy atom. The molecule has 1 aliphatic heterocycles. The van der Waals surface area contributed by atoms with Crippen molar-refractivity contribution in [2.45, 2.75) is 38.2 Å². The fourth-order valence-corrected chi connectivity index (χ4v) is 5.20. The number of fused-ring (bicyclic) bond motifs is 1. The van der Waals surface area contributed by atoms with Gasteiger partial charge in [-0.1, -0.05) is 0 Å². The molecule has 2 aromatic heterocycles. The van der Waals surface area contributed by atoms with Crippen molar-refractivity contribution in [1.82, 2.24) is 25.3 Å². The number of nitrogens with zero attached hydrogens (tertiary/aromatic N) is 6. The first kappa shape index (κ1) is 25.1. The van der Waals surface area contributed by atoms with Crippen molar-refractivity contribution < 1.29 is 17.1 Å². The predicted molar refractivity (Wildman–Crippen MR) is 147 cm³/mol. The van der Waals surface area contributed by atoms with Crippen LogP contribution in [0.25, 0.3) is 10.9 Å². The second-order valence-corrected chi connectivity index (χ2v) is 9.93. The molecule has 3 aromatic rings. The first-order chi connectivity index (χ1) is 18.0. The lowest BCUT2D eigenvalue weighted by Gasteiger charge is -2.31. The lowest BCUT2D eigenvalue weighted by atomic mass is 9.85. The first-order valence-corrected chi connectivity index (χ1v) is 13.0. The number of anilines is 2. The van der Waals surface area contributed by atoms with Gasteiger partial charge in [0, 0.05) is 61.5 Å². The second kappa shape index (κ2) is 11.2. The van der Waals surface area contributed by atoms with Gasteiger partial charge in [-0.2, -0.15) is 0 Å². The van der Waals surface area contributed by atoms with Gasteiger partial charge >= 0.3 is 0 Å². The molecular weight excluding hydrogens is 470 g/mol. The number of hydrogen-bond donors (Lipinski definition) is 1. The third-order valence-electron chi connectivity index (χ3n) is 7.19. The van der Waals surface area contributed by atoms with Crippen LogP contribution in [0, 0.1) is 5.92 Å². The van der Waals surface area contributed by atoms with Crippen LogP contribution in [0.3, 0.4) is 0 Å². The number of aromatic nitrogens is 4. The van der Waals surface area contributed by atoms with E-state index in [0.717, 1.165) is 92.4 Å². The number of carbonyl (C=O) groups is 1. The second-order valence-electron chi connectivity index (χ2n) is 9.93. The Labute approximate surface area is 220 Å². The zero-order valence-corrected chi connectivity index (χ0v) is 21.8. The Morgan fingerprint density at radius 3 is 2.68 bits per heavy atom. The van der Waals surface area contributed by atoms with E-state index >= 15 is 0 Å². The molecular formula is C27H39N7O3. The molecule has 200 valence electrons. The molecule has 10 heteroatoms. The highest BCUT2D eigenvalue weighted by atomic mass is 16.5. The van der Waals surface area contributed by atoms with E-state index in [2.05, 4.69) is 42.3 Å². The van der Waals surface area contributed by atoms with Gasteiger partial charge in [-0.15, -0.1) is 0 Å². The van der Waals surface area contributed by atoms with Crippen molar-refractivity contribution in [1.29, 1.82) is 0 Å². The highest BCUT2D eigenvalue weighted by molar-refractivity contribution is 5.97. The maximum Gasteiger partial charge on any atom is 0.269 e. The van der Waals surface area contributed by atoms with E-state index in [1.54, 1.807) is 25.6 Å². The molecule has 5 rings (SSSR count). The van der Waals surface area contributed by atoms with Crippen molar-refractivity contribution in [3.05, 3.63) is 42.2 Å².